The number of amides is 1. The molecule has 0 spiro atoms. The Bertz CT molecular complexity index is 294. The Labute approximate surface area is 101 Å². The third-order valence-corrected chi connectivity index (χ3v) is 2.39. The van der Waals surface area contributed by atoms with Gasteiger partial charge in [-0.3, -0.25) is 9.59 Å². The normalized spacial score (nSPS) is 17.1. The fourth-order valence-electron chi connectivity index (χ4n) is 1.17. The number of hydrogen-bond donors (Lipinski definition) is 4. The molecule has 0 aliphatic rings. The van der Waals surface area contributed by atoms with Gasteiger partial charge in [-0.2, -0.15) is 0 Å². The van der Waals surface area contributed by atoms with Gasteiger partial charge in [-0.15, -0.1) is 0 Å². The standard InChI is InChI=1S/C11H22N2O4/c1-10(2,3)8(12)9(16)13-6-11(4,17)5-7(14)15/h8,17H,5-6,12H2,1-4H3,(H,13,16)(H,14,15). The number of carbonyl (C=O) groups excluding carboxylic acids is 1. The summed E-state index contributed by atoms with van der Waals surface area (Å²) in [7, 11) is 0. The van der Waals surface area contributed by atoms with Crippen LogP contribution in [0.2, 0.25) is 0 Å². The van der Waals surface area contributed by atoms with Crippen LogP contribution < -0.4 is 11.1 Å². The maximum absolute atomic E-state index is 11.6. The number of carbonyl (C=O) groups is 2. The van der Waals surface area contributed by atoms with E-state index < -0.39 is 29.9 Å². The predicted octanol–water partition coefficient (Wildman–Crippen LogP) is -0.298. The summed E-state index contributed by atoms with van der Waals surface area (Å²) in [5.74, 6) is -1.52. The topological polar surface area (TPSA) is 113 Å². The quantitative estimate of drug-likeness (QED) is 0.532. The first-order valence-electron chi connectivity index (χ1n) is 5.43. The molecule has 0 aromatic heterocycles. The Kier molecular flexibility index (Phi) is 5.10. The van der Waals surface area contributed by atoms with E-state index in [0.29, 0.717) is 0 Å². The second-order valence-corrected chi connectivity index (χ2v) is 5.63. The Balaban J connectivity index is 4.29. The van der Waals surface area contributed by atoms with Crippen LogP contribution in [0.4, 0.5) is 0 Å². The van der Waals surface area contributed by atoms with Crippen LogP contribution in [-0.2, 0) is 9.59 Å². The van der Waals surface area contributed by atoms with Gasteiger partial charge >= 0.3 is 5.97 Å². The Morgan fingerprint density at radius 2 is 1.76 bits per heavy atom. The predicted molar refractivity (Wildman–Crippen MR) is 63.3 cm³/mol. The largest absolute Gasteiger partial charge is 0.481 e. The molecule has 0 aromatic rings. The molecule has 17 heavy (non-hydrogen) atoms. The summed E-state index contributed by atoms with van der Waals surface area (Å²) >= 11 is 0. The Hall–Kier alpha value is -1.14. The number of nitrogens with two attached hydrogens (primary N) is 1. The van der Waals surface area contributed by atoms with Crippen LogP contribution in [0.25, 0.3) is 0 Å². The Morgan fingerprint density at radius 1 is 1.29 bits per heavy atom. The number of hydrogen-bond acceptors (Lipinski definition) is 4. The zero-order valence-electron chi connectivity index (χ0n) is 10.8. The monoisotopic (exact) mass is 246 g/mol. The van der Waals surface area contributed by atoms with Gasteiger partial charge in [0.15, 0.2) is 0 Å². The first kappa shape index (κ1) is 15.9. The summed E-state index contributed by atoms with van der Waals surface area (Å²) < 4.78 is 0. The molecule has 0 bridgehead atoms. The van der Waals surface area contributed by atoms with E-state index in [4.69, 9.17) is 10.8 Å². The van der Waals surface area contributed by atoms with Crippen molar-refractivity contribution in [1.29, 1.82) is 0 Å². The van der Waals surface area contributed by atoms with Gasteiger partial charge in [-0.05, 0) is 12.3 Å². The lowest BCUT2D eigenvalue weighted by atomic mass is 9.87. The van der Waals surface area contributed by atoms with Crippen molar-refractivity contribution in [3.63, 3.8) is 0 Å². The number of carboxylic acid groups (broad SMARTS) is 1. The second-order valence-electron chi connectivity index (χ2n) is 5.63. The average molecular weight is 246 g/mol. The number of rotatable bonds is 5. The molecule has 2 unspecified atom stereocenters. The first-order valence-corrected chi connectivity index (χ1v) is 5.43. The van der Waals surface area contributed by atoms with Gasteiger partial charge in [0.05, 0.1) is 18.1 Å². The van der Waals surface area contributed by atoms with Crippen LogP contribution in [0.3, 0.4) is 0 Å². The molecule has 0 heterocycles. The van der Waals surface area contributed by atoms with E-state index in [1.807, 2.05) is 20.8 Å². The van der Waals surface area contributed by atoms with Crippen molar-refractivity contribution in [2.75, 3.05) is 6.54 Å². The molecule has 0 saturated carbocycles. The molecular weight excluding hydrogens is 224 g/mol. The lowest BCUT2D eigenvalue weighted by Gasteiger charge is -2.28. The highest BCUT2D eigenvalue weighted by molar-refractivity contribution is 5.82. The summed E-state index contributed by atoms with van der Waals surface area (Å²) in [6, 6.07) is -0.705. The van der Waals surface area contributed by atoms with Crippen molar-refractivity contribution in [2.24, 2.45) is 11.1 Å². The van der Waals surface area contributed by atoms with Gasteiger partial charge in [0, 0.05) is 6.54 Å². The number of aliphatic hydroxyl groups is 1. The summed E-state index contributed by atoms with van der Waals surface area (Å²) in [6.45, 7) is 6.69. The molecule has 0 rings (SSSR count). The van der Waals surface area contributed by atoms with E-state index in [1.54, 1.807) is 0 Å². The molecular formula is C11H22N2O4. The maximum atomic E-state index is 11.6. The van der Waals surface area contributed by atoms with Gasteiger partial charge in [0.2, 0.25) is 5.91 Å². The molecule has 1 amide bonds. The third-order valence-electron chi connectivity index (χ3n) is 2.39. The van der Waals surface area contributed by atoms with Crippen LogP contribution in [-0.4, -0.2) is 40.3 Å². The highest BCUT2D eigenvalue weighted by Gasteiger charge is 2.30. The number of carboxylic acids is 1. The third kappa shape index (κ3) is 6.23. The lowest BCUT2D eigenvalue weighted by molar-refractivity contribution is -0.142. The maximum Gasteiger partial charge on any atom is 0.306 e. The summed E-state index contributed by atoms with van der Waals surface area (Å²) in [5, 5.41) is 20.7. The minimum absolute atomic E-state index is 0.137. The van der Waals surface area contributed by atoms with E-state index in [1.165, 1.54) is 6.92 Å². The molecule has 6 heteroatoms. The molecule has 0 saturated heterocycles. The zero-order valence-corrected chi connectivity index (χ0v) is 10.8. The molecule has 0 aliphatic heterocycles. The first-order chi connectivity index (χ1) is 7.46. The molecule has 100 valence electrons. The zero-order chi connectivity index (χ0) is 13.9. The van der Waals surface area contributed by atoms with E-state index in [-0.39, 0.29) is 12.0 Å². The molecule has 0 aromatic carbocycles. The van der Waals surface area contributed by atoms with Crippen LogP contribution in [0.15, 0.2) is 0 Å². The fourth-order valence-corrected chi connectivity index (χ4v) is 1.17. The molecule has 6 nitrogen and oxygen atoms in total. The van der Waals surface area contributed by atoms with E-state index in [0.717, 1.165) is 0 Å². The molecule has 0 radical (unpaired) electrons. The van der Waals surface area contributed by atoms with Crippen LogP contribution in [0.5, 0.6) is 0 Å². The smallest absolute Gasteiger partial charge is 0.306 e. The number of aliphatic carboxylic acids is 1. The van der Waals surface area contributed by atoms with Crippen molar-refractivity contribution in [3.8, 4) is 0 Å². The minimum Gasteiger partial charge on any atom is -0.481 e. The van der Waals surface area contributed by atoms with E-state index >= 15 is 0 Å². The van der Waals surface area contributed by atoms with Gasteiger partial charge in [-0.1, -0.05) is 20.8 Å². The van der Waals surface area contributed by atoms with Crippen LogP contribution in [0.1, 0.15) is 34.1 Å². The van der Waals surface area contributed by atoms with Gasteiger partial charge in [0.25, 0.3) is 0 Å². The van der Waals surface area contributed by atoms with Gasteiger partial charge in [0.1, 0.15) is 0 Å². The summed E-state index contributed by atoms with van der Waals surface area (Å²) in [4.78, 5) is 22.1. The fraction of sp³-hybridized carbons (Fsp3) is 0.818. The van der Waals surface area contributed by atoms with Crippen LogP contribution >= 0.6 is 0 Å². The van der Waals surface area contributed by atoms with Crippen molar-refractivity contribution >= 4 is 11.9 Å². The highest BCUT2D eigenvalue weighted by atomic mass is 16.4. The summed E-state index contributed by atoms with van der Waals surface area (Å²) in [5.41, 5.74) is 3.86. The SMILES string of the molecule is CC(O)(CNC(=O)C(N)C(C)(C)C)CC(=O)O. The molecule has 0 fully saturated rings. The Morgan fingerprint density at radius 3 is 2.12 bits per heavy atom. The summed E-state index contributed by atoms with van der Waals surface area (Å²) in [6.07, 6.45) is -0.433. The molecule has 5 N–H and O–H groups in total. The van der Waals surface area contributed by atoms with Crippen molar-refractivity contribution in [2.45, 2.75) is 45.8 Å². The second kappa shape index (κ2) is 5.46. The van der Waals surface area contributed by atoms with E-state index in [9.17, 15) is 14.7 Å². The molecule has 0 aliphatic carbocycles. The highest BCUT2D eigenvalue weighted by Crippen LogP contribution is 2.17. The van der Waals surface area contributed by atoms with Crippen molar-refractivity contribution in [3.05, 3.63) is 0 Å². The van der Waals surface area contributed by atoms with Gasteiger partial charge in [-0.25, -0.2) is 0 Å². The lowest BCUT2D eigenvalue weighted by Crippen LogP contribution is -2.52. The van der Waals surface area contributed by atoms with Crippen LogP contribution in [0, 0.1) is 5.41 Å². The number of nitrogens with one attached hydrogen (secondary N) is 1. The van der Waals surface area contributed by atoms with Gasteiger partial charge < -0.3 is 21.3 Å². The minimum atomic E-state index is -1.47. The van der Waals surface area contributed by atoms with E-state index in [2.05, 4.69) is 5.32 Å². The van der Waals surface area contributed by atoms with Crippen molar-refractivity contribution < 1.29 is 19.8 Å². The molecule has 2 atom stereocenters. The van der Waals surface area contributed by atoms with Crippen molar-refractivity contribution in [1.82, 2.24) is 5.32 Å². The average Bonchev–Trinajstić information content (AvgIpc) is 2.09.